The minimum atomic E-state index is -4.47. The molecule has 170 valence electrons. The lowest BCUT2D eigenvalue weighted by Gasteiger charge is -2.26. The Bertz CT molecular complexity index is 1080. The summed E-state index contributed by atoms with van der Waals surface area (Å²) in [6, 6.07) is 9.59. The number of hydrogen-bond donors (Lipinski definition) is 1. The molecule has 0 saturated heterocycles. The van der Waals surface area contributed by atoms with Crippen LogP contribution in [0.25, 0.3) is 5.82 Å². The number of aromatic nitrogens is 3. The lowest BCUT2D eigenvalue weighted by atomic mass is 10.0. The Kier molecular flexibility index (Phi) is 6.83. The Morgan fingerprint density at radius 1 is 1.19 bits per heavy atom. The van der Waals surface area contributed by atoms with Crippen LogP contribution in [0.2, 0.25) is 0 Å². The van der Waals surface area contributed by atoms with E-state index in [4.69, 9.17) is 4.74 Å². The van der Waals surface area contributed by atoms with E-state index in [1.54, 1.807) is 14.0 Å². The molecule has 0 aliphatic carbocycles. The van der Waals surface area contributed by atoms with E-state index in [1.807, 2.05) is 43.3 Å². The van der Waals surface area contributed by atoms with Crippen molar-refractivity contribution in [3.63, 3.8) is 0 Å². The van der Waals surface area contributed by atoms with E-state index >= 15 is 0 Å². The first-order chi connectivity index (χ1) is 15.1. The highest BCUT2D eigenvalue weighted by atomic mass is 19.4. The van der Waals surface area contributed by atoms with Crippen molar-refractivity contribution in [1.29, 1.82) is 0 Å². The molecule has 32 heavy (non-hydrogen) atoms. The van der Waals surface area contributed by atoms with E-state index in [-0.39, 0.29) is 17.8 Å². The van der Waals surface area contributed by atoms with Crippen molar-refractivity contribution in [2.24, 2.45) is 0 Å². The summed E-state index contributed by atoms with van der Waals surface area (Å²) >= 11 is 0. The quantitative estimate of drug-likeness (QED) is 0.599. The maximum absolute atomic E-state index is 12.8. The fraction of sp³-hybridized carbons (Fsp3) is 0.318. The molecule has 2 heterocycles. The number of methoxy groups -OCH3 is 1. The molecule has 0 radical (unpaired) electrons. The number of amides is 1. The fourth-order valence-corrected chi connectivity index (χ4v) is 3.34. The first kappa shape index (κ1) is 23.3. The Labute approximate surface area is 183 Å². The molecule has 2 aromatic heterocycles. The number of likely N-dealkylation sites (N-methyl/N-ethyl adjacent to an activating group) is 1. The Balaban J connectivity index is 1.77. The highest BCUT2D eigenvalue weighted by Gasteiger charge is 2.31. The van der Waals surface area contributed by atoms with Crippen molar-refractivity contribution >= 4 is 5.91 Å². The van der Waals surface area contributed by atoms with E-state index in [1.165, 1.54) is 16.9 Å². The van der Waals surface area contributed by atoms with Gasteiger partial charge >= 0.3 is 6.18 Å². The summed E-state index contributed by atoms with van der Waals surface area (Å²) in [5.41, 5.74) is 0.856. The highest BCUT2D eigenvalue weighted by molar-refractivity contribution is 5.95. The average Bonchev–Trinajstić information content (AvgIpc) is 3.14. The van der Waals surface area contributed by atoms with Crippen molar-refractivity contribution in [2.75, 3.05) is 27.7 Å². The van der Waals surface area contributed by atoms with E-state index < -0.39 is 11.7 Å². The number of hydrogen-bond acceptors (Lipinski definition) is 5. The van der Waals surface area contributed by atoms with Gasteiger partial charge in [-0.15, -0.1) is 0 Å². The molecule has 0 fully saturated rings. The summed E-state index contributed by atoms with van der Waals surface area (Å²) in [4.78, 5) is 18.6. The third kappa shape index (κ3) is 4.91. The molecule has 1 amide bonds. The van der Waals surface area contributed by atoms with Gasteiger partial charge in [-0.25, -0.2) is 9.67 Å². The monoisotopic (exact) mass is 447 g/mol. The molecule has 1 N–H and O–H groups in total. The number of alkyl halides is 3. The van der Waals surface area contributed by atoms with Gasteiger partial charge in [-0.3, -0.25) is 4.79 Å². The van der Waals surface area contributed by atoms with Crippen LogP contribution < -0.4 is 10.1 Å². The molecule has 3 aromatic rings. The second kappa shape index (κ2) is 9.39. The van der Waals surface area contributed by atoms with Crippen molar-refractivity contribution in [3.8, 4) is 11.6 Å². The lowest BCUT2D eigenvalue weighted by molar-refractivity contribution is -0.137. The molecule has 0 spiro atoms. The summed E-state index contributed by atoms with van der Waals surface area (Å²) in [6.45, 7) is 1.97. The van der Waals surface area contributed by atoms with Gasteiger partial charge in [0.05, 0.1) is 36.2 Å². The normalized spacial score (nSPS) is 12.6. The number of pyridine rings is 1. The second-order valence-corrected chi connectivity index (χ2v) is 7.39. The third-order valence-electron chi connectivity index (χ3n) is 5.12. The van der Waals surface area contributed by atoms with Crippen LogP contribution >= 0.6 is 0 Å². The maximum Gasteiger partial charge on any atom is 0.417 e. The number of carbonyl (C=O) groups excluding carboxylic acids is 1. The van der Waals surface area contributed by atoms with E-state index in [0.29, 0.717) is 17.8 Å². The predicted molar refractivity (Wildman–Crippen MR) is 113 cm³/mol. The van der Waals surface area contributed by atoms with Crippen LogP contribution in [0.1, 0.15) is 33.2 Å². The highest BCUT2D eigenvalue weighted by Crippen LogP contribution is 2.29. The molecule has 1 unspecified atom stereocenters. The molecule has 0 aliphatic rings. The molecule has 1 atom stereocenters. The fourth-order valence-electron chi connectivity index (χ4n) is 3.34. The summed E-state index contributed by atoms with van der Waals surface area (Å²) < 4.78 is 45.1. The maximum atomic E-state index is 12.8. The number of ether oxygens (including phenoxy) is 1. The second-order valence-electron chi connectivity index (χ2n) is 7.39. The molecule has 7 nitrogen and oxygen atoms in total. The van der Waals surface area contributed by atoms with Gasteiger partial charge in [0.15, 0.2) is 5.82 Å². The number of carbonyl (C=O) groups is 1. The first-order valence-electron chi connectivity index (χ1n) is 9.79. The molecular formula is C22H24F3N5O2. The minimum Gasteiger partial charge on any atom is -0.496 e. The molecule has 0 aliphatic heterocycles. The summed E-state index contributed by atoms with van der Waals surface area (Å²) in [5.74, 6) is 0.565. The van der Waals surface area contributed by atoms with Crippen LogP contribution in [0.3, 0.4) is 0 Å². The Morgan fingerprint density at radius 3 is 2.50 bits per heavy atom. The molecule has 1 aromatic carbocycles. The van der Waals surface area contributed by atoms with Gasteiger partial charge in [0.25, 0.3) is 5.91 Å². The number of nitrogens with one attached hydrogen (secondary N) is 1. The summed E-state index contributed by atoms with van der Waals surface area (Å²) in [6.07, 6.45) is -2.36. The summed E-state index contributed by atoms with van der Waals surface area (Å²) in [7, 11) is 5.41. The standard InChI is InChI=1S/C22H24F3N5O2/c1-14-17(12-28-30(14)20-10-9-15(11-26-20)22(23,24)25)21(31)27-13-18(29(2)3)16-7-5-6-8-19(16)32-4/h5-12,18H,13H2,1-4H3,(H,27,31). The zero-order chi connectivity index (χ0) is 23.5. The van der Waals surface area contributed by atoms with Crippen LogP contribution in [-0.2, 0) is 6.18 Å². The third-order valence-corrected chi connectivity index (χ3v) is 5.12. The minimum absolute atomic E-state index is 0.137. The number of halogens is 3. The largest absolute Gasteiger partial charge is 0.496 e. The number of benzene rings is 1. The predicted octanol–water partition coefficient (Wildman–Crippen LogP) is 3.64. The molecular weight excluding hydrogens is 423 g/mol. The summed E-state index contributed by atoms with van der Waals surface area (Å²) in [5, 5.41) is 7.03. The van der Waals surface area contributed by atoms with Gasteiger partial charge in [-0.2, -0.15) is 18.3 Å². The smallest absolute Gasteiger partial charge is 0.417 e. The Morgan fingerprint density at radius 2 is 1.91 bits per heavy atom. The number of nitrogens with zero attached hydrogens (tertiary/aromatic N) is 4. The lowest BCUT2D eigenvalue weighted by Crippen LogP contribution is -2.35. The van der Waals surface area contributed by atoms with Crippen molar-refractivity contribution < 1.29 is 22.7 Å². The van der Waals surface area contributed by atoms with Gasteiger partial charge in [-0.05, 0) is 39.2 Å². The van der Waals surface area contributed by atoms with Crippen LogP contribution in [0.5, 0.6) is 5.75 Å². The zero-order valence-electron chi connectivity index (χ0n) is 18.1. The number of rotatable bonds is 7. The molecule has 0 bridgehead atoms. The SMILES string of the molecule is COc1ccccc1C(CNC(=O)c1cnn(-c2ccc(C(F)(F)F)cn2)c1C)N(C)C. The molecule has 10 heteroatoms. The van der Waals surface area contributed by atoms with E-state index in [0.717, 1.165) is 23.6 Å². The van der Waals surface area contributed by atoms with Gasteiger partial charge in [0.2, 0.25) is 0 Å². The van der Waals surface area contributed by atoms with Crippen LogP contribution in [0.4, 0.5) is 13.2 Å². The van der Waals surface area contributed by atoms with E-state index in [9.17, 15) is 18.0 Å². The zero-order valence-corrected chi connectivity index (χ0v) is 18.1. The van der Waals surface area contributed by atoms with Crippen molar-refractivity contribution in [3.05, 3.63) is 71.2 Å². The van der Waals surface area contributed by atoms with Crippen molar-refractivity contribution in [1.82, 2.24) is 25.0 Å². The topological polar surface area (TPSA) is 72.3 Å². The van der Waals surface area contributed by atoms with Crippen LogP contribution in [0.15, 0.2) is 48.8 Å². The van der Waals surface area contributed by atoms with Gasteiger partial charge in [0, 0.05) is 18.3 Å². The van der Waals surface area contributed by atoms with Gasteiger partial charge < -0.3 is 15.0 Å². The van der Waals surface area contributed by atoms with Crippen LogP contribution in [0, 0.1) is 6.92 Å². The van der Waals surface area contributed by atoms with E-state index in [2.05, 4.69) is 15.4 Å². The Hall–Kier alpha value is -3.40. The molecule has 0 saturated carbocycles. The van der Waals surface area contributed by atoms with Gasteiger partial charge in [-0.1, -0.05) is 18.2 Å². The number of para-hydroxylation sites is 1. The van der Waals surface area contributed by atoms with Crippen molar-refractivity contribution in [2.45, 2.75) is 19.1 Å². The first-order valence-corrected chi connectivity index (χ1v) is 9.79. The average molecular weight is 447 g/mol. The van der Waals surface area contributed by atoms with Gasteiger partial charge in [0.1, 0.15) is 5.75 Å². The van der Waals surface area contributed by atoms with Crippen LogP contribution in [-0.4, -0.2) is 53.3 Å². The molecule has 3 rings (SSSR count).